The lowest BCUT2D eigenvalue weighted by Crippen LogP contribution is -1.99. The molecule has 54 valence electrons. The predicted octanol–water partition coefficient (Wildman–Crippen LogP) is 1.13. The molecule has 0 aliphatic heterocycles. The van der Waals surface area contributed by atoms with E-state index in [4.69, 9.17) is 11.6 Å². The van der Waals surface area contributed by atoms with E-state index in [1.165, 1.54) is 0 Å². The number of hydrogen-bond donors (Lipinski definition) is 0. The highest BCUT2D eigenvalue weighted by Gasteiger charge is 1.95. The summed E-state index contributed by atoms with van der Waals surface area (Å²) in [5.41, 5.74) is 0. The average Bonchev–Trinajstić information content (AvgIpc) is 2.31. The lowest BCUT2D eigenvalue weighted by molar-refractivity contribution is -0.108. The first-order valence-electron chi connectivity index (χ1n) is 2.95. The van der Waals surface area contributed by atoms with Gasteiger partial charge in [0.05, 0.1) is 6.20 Å². The van der Waals surface area contributed by atoms with Gasteiger partial charge in [-0.15, -0.1) is 0 Å². The summed E-state index contributed by atoms with van der Waals surface area (Å²) in [6.07, 6.45) is 2.91. The van der Waals surface area contributed by atoms with Crippen LogP contribution in [0.5, 0.6) is 0 Å². The maximum absolute atomic E-state index is 9.93. The first-order valence-corrected chi connectivity index (χ1v) is 3.33. The van der Waals surface area contributed by atoms with Gasteiger partial charge in [0.1, 0.15) is 11.4 Å². The molecule has 0 amide bonds. The van der Waals surface area contributed by atoms with Crippen molar-refractivity contribution in [3.63, 3.8) is 0 Å². The molecule has 1 aromatic heterocycles. The second-order valence-corrected chi connectivity index (χ2v) is 2.22. The van der Waals surface area contributed by atoms with Crippen LogP contribution in [0.4, 0.5) is 0 Å². The Bertz CT molecular complexity index is 221. The summed E-state index contributed by atoms with van der Waals surface area (Å²) in [4.78, 5) is 9.93. The summed E-state index contributed by atoms with van der Waals surface area (Å²) in [7, 11) is 0. The van der Waals surface area contributed by atoms with Crippen LogP contribution < -0.4 is 0 Å². The van der Waals surface area contributed by atoms with Crippen LogP contribution in [0, 0.1) is 0 Å². The molecular formula is C6H7ClN2O. The molecule has 0 spiro atoms. The zero-order valence-corrected chi connectivity index (χ0v) is 6.08. The molecule has 0 fully saturated rings. The fourth-order valence-electron chi connectivity index (χ4n) is 0.656. The Morgan fingerprint density at radius 2 is 2.60 bits per heavy atom. The smallest absolute Gasteiger partial charge is 0.127 e. The maximum atomic E-state index is 9.93. The van der Waals surface area contributed by atoms with Gasteiger partial charge in [-0.1, -0.05) is 11.6 Å². The minimum Gasteiger partial charge on any atom is -0.303 e. The normalized spacial score (nSPS) is 9.70. The van der Waals surface area contributed by atoms with Crippen molar-refractivity contribution in [2.24, 2.45) is 0 Å². The number of carbonyl (C=O) groups is 1. The molecule has 0 aliphatic carbocycles. The molecule has 10 heavy (non-hydrogen) atoms. The van der Waals surface area contributed by atoms with Gasteiger partial charge in [0.2, 0.25) is 0 Å². The van der Waals surface area contributed by atoms with Crippen molar-refractivity contribution in [1.82, 2.24) is 9.78 Å². The van der Waals surface area contributed by atoms with E-state index < -0.39 is 0 Å². The molecule has 4 heteroatoms. The van der Waals surface area contributed by atoms with Gasteiger partial charge in [0.25, 0.3) is 0 Å². The van der Waals surface area contributed by atoms with Gasteiger partial charge in [-0.3, -0.25) is 4.68 Å². The lowest BCUT2D eigenvalue weighted by Gasteiger charge is -1.96. The summed E-state index contributed by atoms with van der Waals surface area (Å²) in [5, 5.41) is 4.45. The highest BCUT2D eigenvalue weighted by Crippen LogP contribution is 2.05. The molecule has 0 N–H and O–H groups in total. The van der Waals surface area contributed by atoms with Gasteiger partial charge < -0.3 is 4.79 Å². The number of aryl methyl sites for hydroxylation is 1. The lowest BCUT2D eigenvalue weighted by atomic mass is 10.5. The molecule has 0 aromatic carbocycles. The second kappa shape index (κ2) is 3.37. The highest BCUT2D eigenvalue weighted by atomic mass is 35.5. The van der Waals surface area contributed by atoms with E-state index in [-0.39, 0.29) is 0 Å². The van der Waals surface area contributed by atoms with E-state index >= 15 is 0 Å². The Hall–Kier alpha value is -0.830. The standard InChI is InChI=1S/C6H7ClN2O/c7-6-2-3-8-9(6)4-1-5-10/h2-3,5H,1,4H2. The Morgan fingerprint density at radius 3 is 3.10 bits per heavy atom. The van der Waals surface area contributed by atoms with Crippen molar-refractivity contribution < 1.29 is 4.79 Å². The van der Waals surface area contributed by atoms with E-state index in [0.717, 1.165) is 6.29 Å². The third-order valence-corrected chi connectivity index (χ3v) is 1.44. The Balaban J connectivity index is 2.56. The molecule has 3 nitrogen and oxygen atoms in total. The largest absolute Gasteiger partial charge is 0.303 e. The number of carbonyl (C=O) groups excluding carboxylic acids is 1. The zero-order valence-electron chi connectivity index (χ0n) is 5.33. The summed E-state index contributed by atoms with van der Waals surface area (Å²) in [6, 6.07) is 1.69. The van der Waals surface area contributed by atoms with Crippen LogP contribution in [0.2, 0.25) is 5.15 Å². The van der Waals surface area contributed by atoms with E-state index in [1.807, 2.05) is 0 Å². The average molecular weight is 159 g/mol. The fraction of sp³-hybridized carbons (Fsp3) is 0.333. The molecular weight excluding hydrogens is 152 g/mol. The van der Waals surface area contributed by atoms with Gasteiger partial charge >= 0.3 is 0 Å². The molecule has 0 saturated heterocycles. The van der Waals surface area contributed by atoms with Gasteiger partial charge in [-0.2, -0.15) is 5.10 Å². The van der Waals surface area contributed by atoms with Crippen LogP contribution in [0.3, 0.4) is 0 Å². The molecule has 0 unspecified atom stereocenters. The minimum absolute atomic E-state index is 0.460. The van der Waals surface area contributed by atoms with Crippen molar-refractivity contribution in [2.45, 2.75) is 13.0 Å². The molecule has 0 aliphatic rings. The highest BCUT2D eigenvalue weighted by molar-refractivity contribution is 6.29. The Labute approximate surface area is 63.6 Å². The van der Waals surface area contributed by atoms with Gasteiger partial charge in [0.15, 0.2) is 0 Å². The monoisotopic (exact) mass is 158 g/mol. The van der Waals surface area contributed by atoms with Gasteiger partial charge in [-0.05, 0) is 6.07 Å². The topological polar surface area (TPSA) is 34.9 Å². The maximum Gasteiger partial charge on any atom is 0.127 e. The summed E-state index contributed by atoms with van der Waals surface area (Å²) < 4.78 is 1.58. The summed E-state index contributed by atoms with van der Waals surface area (Å²) in [5.74, 6) is 0. The molecule has 0 atom stereocenters. The fourth-order valence-corrected chi connectivity index (χ4v) is 0.841. The van der Waals surface area contributed by atoms with Crippen LogP contribution in [-0.4, -0.2) is 16.1 Å². The number of aldehydes is 1. The third-order valence-electron chi connectivity index (χ3n) is 1.12. The van der Waals surface area contributed by atoms with Gasteiger partial charge in [0, 0.05) is 13.0 Å². The SMILES string of the molecule is O=CCCn1nccc1Cl. The minimum atomic E-state index is 0.460. The molecule has 1 aromatic rings. The van der Waals surface area contributed by atoms with Crippen LogP contribution in [0.15, 0.2) is 12.3 Å². The Kier molecular flexibility index (Phi) is 2.45. The zero-order chi connectivity index (χ0) is 7.40. The van der Waals surface area contributed by atoms with Crippen molar-refractivity contribution in [3.8, 4) is 0 Å². The van der Waals surface area contributed by atoms with Crippen molar-refractivity contribution in [3.05, 3.63) is 17.4 Å². The predicted molar refractivity (Wildman–Crippen MR) is 37.9 cm³/mol. The molecule has 0 saturated carbocycles. The van der Waals surface area contributed by atoms with E-state index in [1.54, 1.807) is 16.9 Å². The van der Waals surface area contributed by atoms with E-state index in [9.17, 15) is 4.79 Å². The summed E-state index contributed by atoms with van der Waals surface area (Å²) >= 11 is 5.66. The van der Waals surface area contributed by atoms with Crippen LogP contribution in [-0.2, 0) is 11.3 Å². The van der Waals surface area contributed by atoms with E-state index in [0.29, 0.717) is 18.1 Å². The van der Waals surface area contributed by atoms with Crippen molar-refractivity contribution in [1.29, 1.82) is 0 Å². The molecule has 0 bridgehead atoms. The first kappa shape index (κ1) is 7.28. The van der Waals surface area contributed by atoms with Crippen molar-refractivity contribution in [2.75, 3.05) is 0 Å². The number of rotatable bonds is 3. The van der Waals surface area contributed by atoms with Crippen molar-refractivity contribution >= 4 is 17.9 Å². The number of hydrogen-bond acceptors (Lipinski definition) is 2. The molecule has 1 rings (SSSR count). The number of aromatic nitrogens is 2. The van der Waals surface area contributed by atoms with Gasteiger partial charge in [-0.25, -0.2) is 0 Å². The second-order valence-electron chi connectivity index (χ2n) is 1.83. The number of halogens is 1. The van der Waals surface area contributed by atoms with Crippen LogP contribution in [0.25, 0.3) is 0 Å². The summed E-state index contributed by atoms with van der Waals surface area (Å²) in [6.45, 7) is 0.565. The number of nitrogens with zero attached hydrogens (tertiary/aromatic N) is 2. The molecule has 1 heterocycles. The van der Waals surface area contributed by atoms with Crippen LogP contribution >= 0.6 is 11.6 Å². The Morgan fingerprint density at radius 1 is 1.80 bits per heavy atom. The quantitative estimate of drug-likeness (QED) is 0.618. The third kappa shape index (κ3) is 1.57. The molecule has 0 radical (unpaired) electrons. The van der Waals surface area contributed by atoms with Crippen LogP contribution in [0.1, 0.15) is 6.42 Å². The van der Waals surface area contributed by atoms with E-state index in [2.05, 4.69) is 5.10 Å². The first-order chi connectivity index (χ1) is 4.84.